The van der Waals surface area contributed by atoms with Crippen molar-refractivity contribution in [3.8, 4) is 0 Å². The second-order valence-electron chi connectivity index (χ2n) is 6.27. The monoisotopic (exact) mass is 332 g/mol. The highest BCUT2D eigenvalue weighted by Crippen LogP contribution is 2.39. The number of esters is 1. The third-order valence-electron chi connectivity index (χ3n) is 5.03. The lowest BCUT2D eigenvalue weighted by Crippen LogP contribution is -2.54. The first-order valence-electron chi connectivity index (χ1n) is 8.44. The Balaban J connectivity index is 1.87. The van der Waals surface area contributed by atoms with Crippen LogP contribution in [0.1, 0.15) is 18.4 Å². The minimum absolute atomic E-state index is 0.0258. The van der Waals surface area contributed by atoms with Crippen molar-refractivity contribution in [3.63, 3.8) is 0 Å². The Bertz CT molecular complexity index is 592. The maximum atomic E-state index is 12.6. The van der Waals surface area contributed by atoms with Crippen LogP contribution in [0, 0.1) is 5.92 Å². The maximum Gasteiger partial charge on any atom is 0.409 e. The van der Waals surface area contributed by atoms with Crippen molar-refractivity contribution in [2.45, 2.75) is 18.9 Å². The van der Waals surface area contributed by atoms with Crippen LogP contribution >= 0.6 is 0 Å². The van der Waals surface area contributed by atoms with Gasteiger partial charge in [-0.1, -0.05) is 30.3 Å². The number of piperazine rings is 1. The number of hydrogen-bond acceptors (Lipinski definition) is 5. The van der Waals surface area contributed by atoms with Crippen molar-refractivity contribution < 1.29 is 19.1 Å². The zero-order chi connectivity index (χ0) is 17.1. The van der Waals surface area contributed by atoms with Gasteiger partial charge in [0.25, 0.3) is 0 Å². The summed E-state index contributed by atoms with van der Waals surface area (Å²) in [5.74, 6) is -0.349. The van der Waals surface area contributed by atoms with Gasteiger partial charge < -0.3 is 14.4 Å². The van der Waals surface area contributed by atoms with Crippen LogP contribution in [0.2, 0.25) is 0 Å². The van der Waals surface area contributed by atoms with Gasteiger partial charge in [0.05, 0.1) is 19.6 Å². The predicted octanol–water partition coefficient (Wildman–Crippen LogP) is 1.72. The number of benzene rings is 1. The number of carbonyl (C=O) groups excluding carboxylic acids is 2. The van der Waals surface area contributed by atoms with Gasteiger partial charge in [0.15, 0.2) is 0 Å². The van der Waals surface area contributed by atoms with Crippen molar-refractivity contribution in [1.82, 2.24) is 9.80 Å². The zero-order valence-electron chi connectivity index (χ0n) is 14.2. The topological polar surface area (TPSA) is 59.1 Å². The summed E-state index contributed by atoms with van der Waals surface area (Å²) in [5.41, 5.74) is 1.15. The molecule has 2 aliphatic heterocycles. The normalized spacial score (nSPS) is 26.8. The third kappa shape index (κ3) is 3.11. The van der Waals surface area contributed by atoms with Crippen LogP contribution in [0.25, 0.3) is 0 Å². The van der Waals surface area contributed by atoms with Crippen molar-refractivity contribution in [1.29, 1.82) is 0 Å². The number of hydrogen-bond donors (Lipinski definition) is 0. The number of rotatable bonds is 3. The minimum Gasteiger partial charge on any atom is -0.466 e. The molecule has 24 heavy (non-hydrogen) atoms. The Labute approximate surface area is 142 Å². The Kier molecular flexibility index (Phi) is 5.04. The molecule has 0 bridgehead atoms. The highest BCUT2D eigenvalue weighted by atomic mass is 16.5. The Hall–Kier alpha value is -2.08. The molecule has 2 saturated heterocycles. The summed E-state index contributed by atoms with van der Waals surface area (Å²) in [6, 6.07) is 10.1. The largest absolute Gasteiger partial charge is 0.466 e. The molecule has 6 nitrogen and oxygen atoms in total. The molecule has 1 aromatic rings. The molecule has 0 radical (unpaired) electrons. The smallest absolute Gasteiger partial charge is 0.409 e. The molecule has 0 N–H and O–H groups in total. The van der Waals surface area contributed by atoms with Gasteiger partial charge in [0, 0.05) is 38.1 Å². The molecule has 2 heterocycles. The Morgan fingerprint density at radius 2 is 1.92 bits per heavy atom. The van der Waals surface area contributed by atoms with Crippen molar-refractivity contribution in [2.24, 2.45) is 5.92 Å². The lowest BCUT2D eigenvalue weighted by atomic mass is 9.85. The number of carbonyl (C=O) groups is 2. The molecular weight excluding hydrogens is 308 g/mol. The molecule has 0 aliphatic carbocycles. The van der Waals surface area contributed by atoms with Gasteiger partial charge in [-0.2, -0.15) is 0 Å². The van der Waals surface area contributed by atoms with Gasteiger partial charge in [0.1, 0.15) is 0 Å². The van der Waals surface area contributed by atoms with Gasteiger partial charge in [-0.05, 0) is 12.5 Å². The fourth-order valence-corrected chi connectivity index (χ4v) is 3.92. The molecule has 0 saturated carbocycles. The number of ether oxygens (including phenoxy) is 2. The van der Waals surface area contributed by atoms with Gasteiger partial charge in [0.2, 0.25) is 0 Å². The molecule has 6 heteroatoms. The zero-order valence-corrected chi connectivity index (χ0v) is 14.2. The van der Waals surface area contributed by atoms with Gasteiger partial charge in [-0.3, -0.25) is 9.69 Å². The molecule has 1 aromatic carbocycles. The molecular formula is C18H24N2O4. The summed E-state index contributed by atoms with van der Waals surface area (Å²) in [4.78, 5) is 28.5. The van der Waals surface area contributed by atoms with Crippen LogP contribution in [0.15, 0.2) is 30.3 Å². The molecule has 0 spiro atoms. The maximum absolute atomic E-state index is 12.6. The summed E-state index contributed by atoms with van der Waals surface area (Å²) in [6.07, 6.45) is -0.333. The van der Waals surface area contributed by atoms with E-state index < -0.39 is 0 Å². The first-order valence-corrected chi connectivity index (χ1v) is 8.44. The van der Waals surface area contributed by atoms with Gasteiger partial charge in [-0.25, -0.2) is 4.79 Å². The molecule has 130 valence electrons. The van der Waals surface area contributed by atoms with E-state index in [1.807, 2.05) is 25.1 Å². The van der Waals surface area contributed by atoms with Crippen LogP contribution in [0.3, 0.4) is 0 Å². The summed E-state index contributed by atoms with van der Waals surface area (Å²) >= 11 is 0. The lowest BCUT2D eigenvalue weighted by molar-refractivity contribution is -0.149. The van der Waals surface area contributed by atoms with Crippen molar-refractivity contribution in [3.05, 3.63) is 35.9 Å². The first-order chi connectivity index (χ1) is 11.7. The van der Waals surface area contributed by atoms with Crippen LogP contribution < -0.4 is 0 Å². The SMILES string of the molecule is CCOC(=O)[C@@H]1[C@@H](c2ccccc2)CN2CCN(C(=O)OC)C[C@H]12. The second-order valence-corrected chi connectivity index (χ2v) is 6.27. The van der Waals surface area contributed by atoms with E-state index in [-0.39, 0.29) is 29.9 Å². The van der Waals surface area contributed by atoms with Crippen LogP contribution in [-0.4, -0.2) is 67.8 Å². The molecule has 2 aliphatic rings. The van der Waals surface area contributed by atoms with E-state index in [2.05, 4.69) is 17.0 Å². The Morgan fingerprint density at radius 3 is 2.58 bits per heavy atom. The summed E-state index contributed by atoms with van der Waals surface area (Å²) in [6.45, 7) is 4.87. The van der Waals surface area contributed by atoms with Crippen molar-refractivity contribution in [2.75, 3.05) is 39.9 Å². The van der Waals surface area contributed by atoms with E-state index in [1.54, 1.807) is 4.90 Å². The van der Waals surface area contributed by atoms with E-state index in [4.69, 9.17) is 9.47 Å². The molecule has 0 aromatic heterocycles. The van der Waals surface area contributed by atoms with Crippen molar-refractivity contribution >= 4 is 12.1 Å². The van der Waals surface area contributed by atoms with E-state index in [1.165, 1.54) is 7.11 Å². The van der Waals surface area contributed by atoms with E-state index in [9.17, 15) is 9.59 Å². The second kappa shape index (κ2) is 7.21. The fourth-order valence-electron chi connectivity index (χ4n) is 3.92. The number of methoxy groups -OCH3 is 1. The highest BCUT2D eigenvalue weighted by molar-refractivity contribution is 5.76. The summed E-state index contributed by atoms with van der Waals surface area (Å²) < 4.78 is 10.2. The standard InChI is InChI=1S/C18H24N2O4/c1-3-24-17(21)16-14(13-7-5-4-6-8-13)11-19-9-10-20(12-15(16)19)18(22)23-2/h4-8,14-16H,3,9-12H2,1-2H3/t14-,15-,16-/m1/s1. The van der Waals surface area contributed by atoms with E-state index >= 15 is 0 Å². The molecule has 3 rings (SSSR count). The van der Waals surface area contributed by atoms with Crippen LogP contribution in [0.5, 0.6) is 0 Å². The number of nitrogens with zero attached hydrogens (tertiary/aromatic N) is 2. The summed E-state index contributed by atoms with van der Waals surface area (Å²) in [7, 11) is 1.39. The van der Waals surface area contributed by atoms with Crippen LogP contribution in [0.4, 0.5) is 4.79 Å². The first kappa shape index (κ1) is 16.8. The number of amides is 1. The quantitative estimate of drug-likeness (QED) is 0.789. The molecule has 0 unspecified atom stereocenters. The minimum atomic E-state index is -0.333. The average molecular weight is 332 g/mol. The average Bonchev–Trinajstić information content (AvgIpc) is 3.00. The lowest BCUT2D eigenvalue weighted by Gasteiger charge is -2.38. The van der Waals surface area contributed by atoms with Gasteiger partial charge >= 0.3 is 12.1 Å². The molecule has 3 atom stereocenters. The fraction of sp³-hybridized carbons (Fsp3) is 0.556. The molecule has 2 fully saturated rings. The predicted molar refractivity (Wildman–Crippen MR) is 88.6 cm³/mol. The Morgan fingerprint density at radius 1 is 1.17 bits per heavy atom. The van der Waals surface area contributed by atoms with E-state index in [0.29, 0.717) is 19.7 Å². The summed E-state index contributed by atoms with van der Waals surface area (Å²) in [5, 5.41) is 0. The van der Waals surface area contributed by atoms with Crippen LogP contribution in [-0.2, 0) is 14.3 Å². The third-order valence-corrected chi connectivity index (χ3v) is 5.03. The highest BCUT2D eigenvalue weighted by Gasteiger charge is 2.49. The van der Waals surface area contributed by atoms with E-state index in [0.717, 1.165) is 18.7 Å². The number of fused-ring (bicyclic) bond motifs is 1. The van der Waals surface area contributed by atoms with Gasteiger partial charge in [-0.15, -0.1) is 0 Å². The molecule has 1 amide bonds.